The quantitative estimate of drug-likeness (QED) is 0.296. The number of fused-ring (bicyclic) bond motifs is 1. The van der Waals surface area contributed by atoms with Crippen molar-refractivity contribution in [1.82, 2.24) is 20.2 Å². The molecule has 260 valence electrons. The molecule has 2 amide bonds. The Morgan fingerprint density at radius 1 is 1.06 bits per heavy atom. The van der Waals surface area contributed by atoms with Crippen LogP contribution in [0.3, 0.4) is 0 Å². The lowest BCUT2D eigenvalue weighted by Crippen LogP contribution is -2.55. The summed E-state index contributed by atoms with van der Waals surface area (Å²) in [7, 11) is 1.80. The molecule has 12 nitrogen and oxygen atoms in total. The SMILES string of the molecule is CC[C@@H]1C(=O)N(C)c2cnc(Nc3ccc(C(=O)NC4CCN(CC[C@H](N)C(=O)OC5CCCC5)CC4)cc3C)nc2N1C1CCCC1. The number of piperidine rings is 1. The van der Waals surface area contributed by atoms with Gasteiger partial charge in [-0.1, -0.05) is 19.8 Å². The summed E-state index contributed by atoms with van der Waals surface area (Å²) >= 11 is 0. The number of likely N-dealkylation sites (tertiary alicyclic amines) is 1. The van der Waals surface area contributed by atoms with Gasteiger partial charge in [-0.25, -0.2) is 4.98 Å². The van der Waals surface area contributed by atoms with Gasteiger partial charge in [-0.05, 0) is 94.9 Å². The summed E-state index contributed by atoms with van der Waals surface area (Å²) in [5.74, 6) is 0.993. The molecule has 3 fully saturated rings. The molecule has 2 aliphatic carbocycles. The molecule has 4 N–H and O–H groups in total. The van der Waals surface area contributed by atoms with Crippen LogP contribution in [-0.2, 0) is 14.3 Å². The van der Waals surface area contributed by atoms with Gasteiger partial charge in [0.05, 0.1) is 6.20 Å². The predicted molar refractivity (Wildman–Crippen MR) is 187 cm³/mol. The first kappa shape index (κ1) is 34.1. The maximum atomic E-state index is 13.2. The molecule has 6 rings (SSSR count). The third-order valence-electron chi connectivity index (χ3n) is 10.7. The van der Waals surface area contributed by atoms with Crippen LogP contribution >= 0.6 is 0 Å². The summed E-state index contributed by atoms with van der Waals surface area (Å²) in [6.07, 6.45) is 13.4. The number of ether oxygens (including phenoxy) is 1. The second-order valence-electron chi connectivity index (χ2n) is 14.1. The molecule has 1 saturated heterocycles. The molecule has 2 aromatic rings. The van der Waals surface area contributed by atoms with E-state index in [1.54, 1.807) is 18.1 Å². The first-order valence-electron chi connectivity index (χ1n) is 18.0. The van der Waals surface area contributed by atoms with Crippen LogP contribution in [0.5, 0.6) is 0 Å². The van der Waals surface area contributed by atoms with Gasteiger partial charge in [-0.15, -0.1) is 0 Å². The molecule has 0 radical (unpaired) electrons. The van der Waals surface area contributed by atoms with Gasteiger partial charge in [0.1, 0.15) is 23.9 Å². The first-order valence-corrected chi connectivity index (χ1v) is 18.0. The topological polar surface area (TPSA) is 146 Å². The van der Waals surface area contributed by atoms with Gasteiger partial charge in [-0.2, -0.15) is 4.98 Å². The first-order chi connectivity index (χ1) is 23.2. The number of nitrogens with one attached hydrogen (secondary N) is 2. The number of carbonyl (C=O) groups is 3. The van der Waals surface area contributed by atoms with E-state index in [9.17, 15) is 14.4 Å². The highest BCUT2D eigenvalue weighted by atomic mass is 16.5. The molecule has 12 heteroatoms. The standard InChI is InChI=1S/C36H52N8O4/c1-4-30-34(46)42(3)31-22-38-36(41-32(31)44(30)26-9-5-6-10-26)40-29-14-13-24(21-23(29)2)33(45)39-25-15-18-43(19-16-25)20-17-28(37)35(47)48-27-11-7-8-12-27/h13-14,21-22,25-28,30H,4-12,15-20,37H2,1-3H3,(H,39,45)(H,38,40,41)/t28-,30+/m0/s1. The van der Waals surface area contributed by atoms with Crippen molar-refractivity contribution in [2.24, 2.45) is 5.73 Å². The van der Waals surface area contributed by atoms with E-state index < -0.39 is 6.04 Å². The summed E-state index contributed by atoms with van der Waals surface area (Å²) in [4.78, 5) is 54.5. The Kier molecular flexibility index (Phi) is 10.8. The monoisotopic (exact) mass is 660 g/mol. The molecule has 2 aliphatic heterocycles. The summed E-state index contributed by atoms with van der Waals surface area (Å²) in [5, 5.41) is 6.57. The van der Waals surface area contributed by atoms with E-state index in [2.05, 4.69) is 32.3 Å². The summed E-state index contributed by atoms with van der Waals surface area (Å²) in [5.41, 5.74) is 9.21. The van der Waals surface area contributed by atoms with Crippen LogP contribution in [0.25, 0.3) is 0 Å². The van der Waals surface area contributed by atoms with Gasteiger partial charge in [0.25, 0.3) is 5.91 Å². The van der Waals surface area contributed by atoms with E-state index in [0.717, 1.165) is 100 Å². The molecular weight excluding hydrogens is 608 g/mol. The Balaban J connectivity index is 1.02. The van der Waals surface area contributed by atoms with Crippen LogP contribution < -0.4 is 26.2 Å². The number of nitrogens with zero attached hydrogens (tertiary/aromatic N) is 5. The zero-order chi connectivity index (χ0) is 33.8. The van der Waals surface area contributed by atoms with Crippen molar-refractivity contribution in [3.63, 3.8) is 0 Å². The number of esters is 1. The zero-order valence-electron chi connectivity index (χ0n) is 28.7. The van der Waals surface area contributed by atoms with Crippen molar-refractivity contribution in [3.05, 3.63) is 35.5 Å². The lowest BCUT2D eigenvalue weighted by Gasteiger charge is -2.43. The molecule has 2 saturated carbocycles. The number of nitrogens with two attached hydrogens (primary N) is 1. The van der Waals surface area contributed by atoms with Crippen LogP contribution in [0.15, 0.2) is 24.4 Å². The fraction of sp³-hybridized carbons (Fsp3) is 0.639. The molecule has 3 heterocycles. The maximum absolute atomic E-state index is 13.2. The highest BCUT2D eigenvalue weighted by Gasteiger charge is 2.41. The number of hydrogen-bond acceptors (Lipinski definition) is 10. The largest absolute Gasteiger partial charge is 0.461 e. The van der Waals surface area contributed by atoms with Gasteiger partial charge in [-0.3, -0.25) is 14.4 Å². The van der Waals surface area contributed by atoms with Gasteiger partial charge in [0.2, 0.25) is 11.9 Å². The molecular formula is C36H52N8O4. The Bertz CT molecular complexity index is 1470. The number of amides is 2. The van der Waals surface area contributed by atoms with Gasteiger partial charge < -0.3 is 35.8 Å². The fourth-order valence-electron chi connectivity index (χ4n) is 7.78. The Labute approximate surface area is 284 Å². The third-order valence-corrected chi connectivity index (χ3v) is 10.7. The minimum atomic E-state index is -0.588. The number of carbonyl (C=O) groups excluding carboxylic acids is 3. The Morgan fingerprint density at radius 2 is 1.77 bits per heavy atom. The highest BCUT2D eigenvalue weighted by molar-refractivity contribution is 6.04. The summed E-state index contributed by atoms with van der Waals surface area (Å²) in [6.45, 7) is 6.47. The Hall–Kier alpha value is -3.77. The second kappa shape index (κ2) is 15.2. The van der Waals surface area contributed by atoms with Crippen LogP contribution in [-0.4, -0.2) is 89.6 Å². The normalized spacial score (nSPS) is 21.8. The van der Waals surface area contributed by atoms with Crippen LogP contribution in [0, 0.1) is 6.92 Å². The predicted octanol–water partition coefficient (Wildman–Crippen LogP) is 4.43. The van der Waals surface area contributed by atoms with Crippen LogP contribution in [0.1, 0.15) is 99.9 Å². The van der Waals surface area contributed by atoms with E-state index in [-0.39, 0.29) is 36.0 Å². The molecule has 0 unspecified atom stereocenters. The lowest BCUT2D eigenvalue weighted by molar-refractivity contribution is -0.150. The van der Waals surface area contributed by atoms with E-state index in [1.807, 2.05) is 25.1 Å². The highest BCUT2D eigenvalue weighted by Crippen LogP contribution is 2.40. The molecule has 1 aromatic carbocycles. The van der Waals surface area contributed by atoms with E-state index in [1.165, 1.54) is 12.8 Å². The number of benzene rings is 1. The van der Waals surface area contributed by atoms with E-state index >= 15 is 0 Å². The number of hydrogen-bond donors (Lipinski definition) is 3. The minimum Gasteiger partial charge on any atom is -0.461 e. The van der Waals surface area contributed by atoms with Crippen molar-refractivity contribution < 1.29 is 19.1 Å². The second-order valence-corrected chi connectivity index (χ2v) is 14.1. The van der Waals surface area contributed by atoms with E-state index in [0.29, 0.717) is 24.0 Å². The van der Waals surface area contributed by atoms with Crippen LogP contribution in [0.4, 0.5) is 23.1 Å². The van der Waals surface area contributed by atoms with Gasteiger partial charge in [0, 0.05) is 50.0 Å². The summed E-state index contributed by atoms with van der Waals surface area (Å²) in [6, 6.07) is 5.20. The maximum Gasteiger partial charge on any atom is 0.323 e. The third kappa shape index (κ3) is 7.59. The van der Waals surface area contributed by atoms with Gasteiger partial charge in [0.15, 0.2) is 5.82 Å². The number of likely N-dealkylation sites (N-methyl/N-ethyl adjacent to an activating group) is 1. The lowest BCUT2D eigenvalue weighted by atomic mass is 10.0. The molecule has 4 aliphatic rings. The van der Waals surface area contributed by atoms with Crippen molar-refractivity contribution in [2.45, 2.75) is 121 Å². The number of aromatic nitrogens is 2. The summed E-state index contributed by atoms with van der Waals surface area (Å²) < 4.78 is 5.56. The minimum absolute atomic E-state index is 0.0417. The molecule has 1 aromatic heterocycles. The molecule has 0 spiro atoms. The Morgan fingerprint density at radius 3 is 2.46 bits per heavy atom. The van der Waals surface area contributed by atoms with Gasteiger partial charge >= 0.3 is 5.97 Å². The van der Waals surface area contributed by atoms with Crippen molar-refractivity contribution in [3.8, 4) is 0 Å². The van der Waals surface area contributed by atoms with Crippen molar-refractivity contribution >= 4 is 40.9 Å². The molecule has 2 atom stereocenters. The average Bonchev–Trinajstić information content (AvgIpc) is 3.82. The average molecular weight is 661 g/mol. The molecule has 0 bridgehead atoms. The number of aryl methyl sites for hydroxylation is 1. The smallest absolute Gasteiger partial charge is 0.323 e. The van der Waals surface area contributed by atoms with Crippen molar-refractivity contribution in [1.29, 1.82) is 0 Å². The van der Waals surface area contributed by atoms with E-state index in [4.69, 9.17) is 15.5 Å². The fourth-order valence-corrected chi connectivity index (χ4v) is 7.78. The van der Waals surface area contributed by atoms with Crippen LogP contribution in [0.2, 0.25) is 0 Å². The van der Waals surface area contributed by atoms with Crippen molar-refractivity contribution in [2.75, 3.05) is 41.8 Å². The number of anilines is 4. The number of rotatable bonds is 11. The zero-order valence-corrected chi connectivity index (χ0v) is 28.7. The molecule has 48 heavy (non-hydrogen) atoms.